The van der Waals surface area contributed by atoms with Crippen LogP contribution in [-0.4, -0.2) is 49.8 Å². The van der Waals surface area contributed by atoms with Crippen LogP contribution in [0.2, 0.25) is 0 Å². The van der Waals surface area contributed by atoms with Crippen molar-refractivity contribution in [2.45, 2.75) is 43.4 Å². The van der Waals surface area contributed by atoms with Crippen molar-refractivity contribution >= 4 is 16.6 Å². The van der Waals surface area contributed by atoms with E-state index in [0.29, 0.717) is 36.0 Å². The molecule has 4 heterocycles. The lowest BCUT2D eigenvalue weighted by atomic mass is 10.1. The molecule has 1 saturated carbocycles. The van der Waals surface area contributed by atoms with Crippen molar-refractivity contribution in [2.75, 3.05) is 13.1 Å². The van der Waals surface area contributed by atoms with Crippen molar-refractivity contribution in [3.8, 4) is 11.5 Å². The van der Waals surface area contributed by atoms with Crippen LogP contribution in [0.5, 0.6) is 0 Å². The summed E-state index contributed by atoms with van der Waals surface area (Å²) in [6.07, 6.45) is -0.0723. The number of benzene rings is 1. The minimum atomic E-state index is -4.42. The van der Waals surface area contributed by atoms with Gasteiger partial charge in [0.25, 0.3) is 0 Å². The maximum Gasteiger partial charge on any atom is 0.408 e. The van der Waals surface area contributed by atoms with Gasteiger partial charge in [0.2, 0.25) is 0 Å². The molecule has 2 atom stereocenters. The number of hydrogen-bond acceptors (Lipinski definition) is 5. The fraction of sp³-hybridized carbons (Fsp3) is 0.375. The number of nitrogens with two attached hydrogens (primary N) is 1. The Kier molecular flexibility index (Phi) is 4.67. The predicted molar refractivity (Wildman–Crippen MR) is 119 cm³/mol. The predicted octanol–water partition coefficient (Wildman–Crippen LogP) is 4.46. The number of nitrogens with zero attached hydrogens (tertiary/aromatic N) is 5. The third-order valence-electron chi connectivity index (χ3n) is 6.67. The summed E-state index contributed by atoms with van der Waals surface area (Å²) in [7, 11) is 0. The van der Waals surface area contributed by atoms with E-state index in [4.69, 9.17) is 10.7 Å². The van der Waals surface area contributed by atoms with Crippen LogP contribution in [-0.2, 0) is 0 Å². The number of rotatable bonds is 4. The van der Waals surface area contributed by atoms with Gasteiger partial charge in [0.1, 0.15) is 11.7 Å². The molecule has 4 aromatic rings. The zero-order chi connectivity index (χ0) is 22.7. The summed E-state index contributed by atoms with van der Waals surface area (Å²) >= 11 is 0. The molecule has 0 bridgehead atoms. The zero-order valence-corrected chi connectivity index (χ0v) is 17.8. The molecule has 0 radical (unpaired) electrons. The highest BCUT2D eigenvalue weighted by Gasteiger charge is 2.46. The molecule has 2 aliphatic rings. The van der Waals surface area contributed by atoms with E-state index in [9.17, 15) is 13.2 Å². The second kappa shape index (κ2) is 7.50. The molecule has 6 rings (SSSR count). The first-order valence-electron chi connectivity index (χ1n) is 11.2. The van der Waals surface area contributed by atoms with E-state index in [-0.39, 0.29) is 18.2 Å². The topological polar surface area (TPSA) is 72.3 Å². The molecule has 0 unspecified atom stereocenters. The molecule has 1 saturated heterocycles. The van der Waals surface area contributed by atoms with E-state index >= 15 is 0 Å². The Morgan fingerprint density at radius 3 is 2.58 bits per heavy atom. The molecule has 3 aromatic heterocycles. The smallest absolute Gasteiger partial charge is 0.326 e. The van der Waals surface area contributed by atoms with E-state index < -0.39 is 12.2 Å². The first-order valence-corrected chi connectivity index (χ1v) is 11.2. The summed E-state index contributed by atoms with van der Waals surface area (Å²) in [5.41, 5.74) is 9.24. The Bertz CT molecular complexity index is 1340. The fourth-order valence-electron chi connectivity index (χ4n) is 4.92. The number of halogens is 3. The average Bonchev–Trinajstić information content (AvgIpc) is 3.41. The summed E-state index contributed by atoms with van der Waals surface area (Å²) in [5.74, 6) is 0.955. The van der Waals surface area contributed by atoms with Gasteiger partial charge < -0.3 is 5.73 Å². The number of pyridine rings is 2. The van der Waals surface area contributed by atoms with Crippen molar-refractivity contribution in [1.82, 2.24) is 24.5 Å². The SMILES string of the molecule is N[C@@H]1CCN([C@@H](c2ccc3nnc(-c4ccc5cccc(C6CC6)c5n4)n3c2)C(F)(F)F)C1. The van der Waals surface area contributed by atoms with Crippen LogP contribution in [0.25, 0.3) is 28.1 Å². The molecule has 1 aliphatic heterocycles. The Morgan fingerprint density at radius 1 is 1.00 bits per heavy atom. The van der Waals surface area contributed by atoms with Crippen LogP contribution in [0.3, 0.4) is 0 Å². The molecule has 2 N–H and O–H groups in total. The fourth-order valence-corrected chi connectivity index (χ4v) is 4.92. The number of likely N-dealkylation sites (tertiary alicyclic amines) is 1. The number of hydrogen-bond donors (Lipinski definition) is 1. The van der Waals surface area contributed by atoms with Gasteiger partial charge in [-0.05, 0) is 48.4 Å². The molecule has 9 heteroatoms. The van der Waals surface area contributed by atoms with Crippen LogP contribution < -0.4 is 5.73 Å². The monoisotopic (exact) mass is 452 g/mol. The number of para-hydroxylation sites is 1. The van der Waals surface area contributed by atoms with Crippen LogP contribution in [0, 0.1) is 0 Å². The third kappa shape index (κ3) is 3.65. The Balaban J connectivity index is 1.46. The summed E-state index contributed by atoms with van der Waals surface area (Å²) in [4.78, 5) is 6.28. The third-order valence-corrected chi connectivity index (χ3v) is 6.67. The normalized spacial score (nSPS) is 20.7. The molecule has 33 heavy (non-hydrogen) atoms. The van der Waals surface area contributed by atoms with Crippen LogP contribution >= 0.6 is 0 Å². The highest BCUT2D eigenvalue weighted by Crippen LogP contribution is 2.43. The van der Waals surface area contributed by atoms with Crippen LogP contribution in [0.15, 0.2) is 48.7 Å². The first-order chi connectivity index (χ1) is 15.9. The number of alkyl halides is 3. The summed E-state index contributed by atoms with van der Waals surface area (Å²) in [5, 5.41) is 9.49. The molecule has 6 nitrogen and oxygen atoms in total. The number of fused-ring (bicyclic) bond motifs is 2. The van der Waals surface area contributed by atoms with Gasteiger partial charge in [-0.25, -0.2) is 4.98 Å². The molecule has 2 fully saturated rings. The maximum absolute atomic E-state index is 14.1. The van der Waals surface area contributed by atoms with Gasteiger partial charge in [-0.1, -0.05) is 30.3 Å². The van der Waals surface area contributed by atoms with Crippen molar-refractivity contribution in [1.29, 1.82) is 0 Å². The lowest BCUT2D eigenvalue weighted by Crippen LogP contribution is -2.38. The Morgan fingerprint density at radius 2 is 1.85 bits per heavy atom. The van der Waals surface area contributed by atoms with E-state index in [1.807, 2.05) is 24.3 Å². The lowest BCUT2D eigenvalue weighted by molar-refractivity contribution is -0.183. The van der Waals surface area contributed by atoms with Gasteiger partial charge in [-0.3, -0.25) is 9.30 Å². The molecular weight excluding hydrogens is 429 g/mol. The largest absolute Gasteiger partial charge is 0.408 e. The maximum atomic E-state index is 14.1. The second-order valence-corrected chi connectivity index (χ2v) is 9.09. The minimum Gasteiger partial charge on any atom is -0.326 e. The average molecular weight is 452 g/mol. The highest BCUT2D eigenvalue weighted by molar-refractivity contribution is 5.84. The van der Waals surface area contributed by atoms with Crippen molar-refractivity contribution in [3.05, 3.63) is 59.8 Å². The van der Waals surface area contributed by atoms with Gasteiger partial charge in [-0.15, -0.1) is 10.2 Å². The van der Waals surface area contributed by atoms with Crippen molar-refractivity contribution < 1.29 is 13.2 Å². The van der Waals surface area contributed by atoms with Gasteiger partial charge in [0.15, 0.2) is 11.5 Å². The molecule has 1 aromatic carbocycles. The minimum absolute atomic E-state index is 0.143. The van der Waals surface area contributed by atoms with Gasteiger partial charge in [0.05, 0.1) is 5.52 Å². The lowest BCUT2D eigenvalue weighted by Gasteiger charge is -2.30. The number of aromatic nitrogens is 4. The van der Waals surface area contributed by atoms with Crippen LogP contribution in [0.4, 0.5) is 13.2 Å². The standard InChI is InChI=1S/C24H23F3N6/c25-24(26,27)22(32-11-10-17(28)13-32)16-7-9-20-30-31-23(33(20)12-16)19-8-6-15-2-1-3-18(14-4-5-14)21(15)29-19/h1-3,6-9,12,14,17,22H,4-5,10-11,13,28H2/t17-,22+/m1/s1. The first kappa shape index (κ1) is 20.6. The van der Waals surface area contributed by atoms with Gasteiger partial charge in [-0.2, -0.15) is 13.2 Å². The van der Waals surface area contributed by atoms with E-state index in [1.165, 1.54) is 22.7 Å². The highest BCUT2D eigenvalue weighted by atomic mass is 19.4. The van der Waals surface area contributed by atoms with Crippen LogP contribution in [0.1, 0.15) is 42.3 Å². The van der Waals surface area contributed by atoms with Gasteiger partial charge in [0, 0.05) is 30.7 Å². The summed E-state index contributed by atoms with van der Waals surface area (Å²) < 4.78 is 43.9. The molecule has 0 amide bonds. The van der Waals surface area contributed by atoms with E-state index in [2.05, 4.69) is 16.3 Å². The molecular formula is C24H23F3N6. The molecule has 170 valence electrons. The Labute approximate surface area is 188 Å². The summed E-state index contributed by atoms with van der Waals surface area (Å²) in [6.45, 7) is 0.530. The van der Waals surface area contributed by atoms with Crippen molar-refractivity contribution in [3.63, 3.8) is 0 Å². The quantitative estimate of drug-likeness (QED) is 0.495. The van der Waals surface area contributed by atoms with E-state index in [0.717, 1.165) is 23.7 Å². The van der Waals surface area contributed by atoms with E-state index in [1.54, 1.807) is 10.5 Å². The molecule has 0 spiro atoms. The molecule has 1 aliphatic carbocycles. The summed E-state index contributed by atoms with van der Waals surface area (Å²) in [6, 6.07) is 11.1. The van der Waals surface area contributed by atoms with Gasteiger partial charge >= 0.3 is 6.18 Å². The van der Waals surface area contributed by atoms with Crippen molar-refractivity contribution in [2.24, 2.45) is 5.73 Å². The zero-order valence-electron chi connectivity index (χ0n) is 17.8. The Hall–Kier alpha value is -3.04. The second-order valence-electron chi connectivity index (χ2n) is 9.09.